The quantitative estimate of drug-likeness (QED) is 0.831. The summed E-state index contributed by atoms with van der Waals surface area (Å²) in [6, 6.07) is 1.84. The monoisotopic (exact) mass is 249 g/mol. The van der Waals surface area contributed by atoms with Gasteiger partial charge in [0.15, 0.2) is 5.82 Å². The van der Waals surface area contributed by atoms with Crippen LogP contribution in [0.3, 0.4) is 0 Å². The van der Waals surface area contributed by atoms with Crippen LogP contribution < -0.4 is 0 Å². The Kier molecular flexibility index (Phi) is 2.87. The normalized spacial score (nSPS) is 19.8. The Bertz CT molecular complexity index is 526. The highest BCUT2D eigenvalue weighted by Crippen LogP contribution is 2.26. The van der Waals surface area contributed by atoms with Crippen molar-refractivity contribution in [3.05, 3.63) is 17.6 Å². The van der Waals surface area contributed by atoms with Crippen LogP contribution in [-0.2, 0) is 4.74 Å². The summed E-state index contributed by atoms with van der Waals surface area (Å²) in [5.74, 6) is 2.14. The SMILES string of the molecule is CC(C)c1cc(-c2nc([C@H]3CCOC3)no2)on1. The number of rotatable bonds is 3. The van der Waals surface area contributed by atoms with Gasteiger partial charge in [0.1, 0.15) is 0 Å². The lowest BCUT2D eigenvalue weighted by Gasteiger charge is -1.97. The molecule has 0 unspecified atom stereocenters. The zero-order valence-corrected chi connectivity index (χ0v) is 10.4. The smallest absolute Gasteiger partial charge is 0.296 e. The van der Waals surface area contributed by atoms with Crippen molar-refractivity contribution in [3.63, 3.8) is 0 Å². The van der Waals surface area contributed by atoms with E-state index in [-0.39, 0.29) is 5.92 Å². The van der Waals surface area contributed by atoms with Crippen molar-refractivity contribution in [2.45, 2.75) is 32.1 Å². The van der Waals surface area contributed by atoms with E-state index in [1.165, 1.54) is 0 Å². The maximum absolute atomic E-state index is 5.30. The van der Waals surface area contributed by atoms with Gasteiger partial charge in [-0.3, -0.25) is 0 Å². The van der Waals surface area contributed by atoms with Crippen LogP contribution in [0.2, 0.25) is 0 Å². The maximum atomic E-state index is 5.30. The number of aromatic nitrogens is 3. The van der Waals surface area contributed by atoms with Crippen LogP contribution in [0.1, 0.15) is 43.6 Å². The summed E-state index contributed by atoms with van der Waals surface area (Å²) in [6.07, 6.45) is 0.937. The fraction of sp³-hybridized carbons (Fsp3) is 0.583. The molecule has 2 aromatic rings. The molecule has 0 aromatic carbocycles. The van der Waals surface area contributed by atoms with Gasteiger partial charge in [0.05, 0.1) is 12.3 Å². The van der Waals surface area contributed by atoms with Crippen molar-refractivity contribution in [2.75, 3.05) is 13.2 Å². The van der Waals surface area contributed by atoms with Crippen LogP contribution in [-0.4, -0.2) is 28.5 Å². The van der Waals surface area contributed by atoms with Gasteiger partial charge in [0, 0.05) is 18.6 Å². The average molecular weight is 249 g/mol. The van der Waals surface area contributed by atoms with Gasteiger partial charge >= 0.3 is 0 Å². The first-order valence-corrected chi connectivity index (χ1v) is 6.12. The van der Waals surface area contributed by atoms with E-state index < -0.39 is 0 Å². The van der Waals surface area contributed by atoms with Crippen molar-refractivity contribution in [3.8, 4) is 11.7 Å². The summed E-state index contributed by atoms with van der Waals surface area (Å²) in [6.45, 7) is 5.52. The first-order valence-electron chi connectivity index (χ1n) is 6.12. The maximum Gasteiger partial charge on any atom is 0.296 e. The highest BCUT2D eigenvalue weighted by Gasteiger charge is 2.24. The number of hydrogen-bond donors (Lipinski definition) is 0. The molecule has 1 atom stereocenters. The van der Waals surface area contributed by atoms with Crippen LogP contribution in [0.5, 0.6) is 0 Å². The summed E-state index contributed by atoms with van der Waals surface area (Å²) in [5.41, 5.74) is 0.883. The lowest BCUT2D eigenvalue weighted by Crippen LogP contribution is -1.99. The minimum Gasteiger partial charge on any atom is -0.381 e. The van der Waals surface area contributed by atoms with Crippen molar-refractivity contribution >= 4 is 0 Å². The summed E-state index contributed by atoms with van der Waals surface area (Å²) in [4.78, 5) is 4.34. The molecule has 0 aliphatic carbocycles. The number of ether oxygens (including phenoxy) is 1. The molecule has 0 radical (unpaired) electrons. The van der Waals surface area contributed by atoms with Gasteiger partial charge in [-0.25, -0.2) is 0 Å². The van der Waals surface area contributed by atoms with Crippen LogP contribution >= 0.6 is 0 Å². The predicted molar refractivity (Wildman–Crippen MR) is 62.1 cm³/mol. The molecule has 6 heteroatoms. The lowest BCUT2D eigenvalue weighted by atomic mass is 10.1. The van der Waals surface area contributed by atoms with Crippen LogP contribution in [0.4, 0.5) is 0 Å². The highest BCUT2D eigenvalue weighted by molar-refractivity contribution is 5.44. The van der Waals surface area contributed by atoms with E-state index in [2.05, 4.69) is 29.1 Å². The van der Waals surface area contributed by atoms with Gasteiger partial charge in [0.25, 0.3) is 5.89 Å². The topological polar surface area (TPSA) is 74.2 Å². The van der Waals surface area contributed by atoms with E-state index in [0.29, 0.717) is 30.0 Å². The molecule has 0 saturated carbocycles. The molecule has 3 rings (SSSR count). The third kappa shape index (κ3) is 2.03. The summed E-state index contributed by atoms with van der Waals surface area (Å²) < 4.78 is 15.7. The second-order valence-electron chi connectivity index (χ2n) is 4.79. The van der Waals surface area contributed by atoms with Crippen molar-refractivity contribution in [1.29, 1.82) is 0 Å². The zero-order chi connectivity index (χ0) is 12.5. The van der Waals surface area contributed by atoms with E-state index >= 15 is 0 Å². The minimum atomic E-state index is 0.231. The Hall–Kier alpha value is -1.69. The molecule has 0 bridgehead atoms. The predicted octanol–water partition coefficient (Wildman–Crippen LogP) is 2.35. The molecule has 0 amide bonds. The average Bonchev–Trinajstić information content (AvgIpc) is 3.10. The highest BCUT2D eigenvalue weighted by atomic mass is 16.5. The van der Waals surface area contributed by atoms with Crippen molar-refractivity contribution in [1.82, 2.24) is 15.3 Å². The molecule has 0 spiro atoms. The van der Waals surface area contributed by atoms with Gasteiger partial charge in [-0.1, -0.05) is 24.2 Å². The lowest BCUT2D eigenvalue weighted by molar-refractivity contribution is 0.192. The van der Waals surface area contributed by atoms with Gasteiger partial charge in [0.2, 0.25) is 5.76 Å². The van der Waals surface area contributed by atoms with Crippen molar-refractivity contribution in [2.24, 2.45) is 0 Å². The molecule has 96 valence electrons. The van der Waals surface area contributed by atoms with E-state index in [1.807, 2.05) is 6.07 Å². The number of nitrogens with zero attached hydrogens (tertiary/aromatic N) is 3. The van der Waals surface area contributed by atoms with E-state index in [1.54, 1.807) is 0 Å². The fourth-order valence-corrected chi connectivity index (χ4v) is 1.90. The van der Waals surface area contributed by atoms with E-state index in [4.69, 9.17) is 13.8 Å². The Balaban J connectivity index is 1.83. The van der Waals surface area contributed by atoms with Gasteiger partial charge in [-0.2, -0.15) is 4.98 Å². The first-order chi connectivity index (χ1) is 8.74. The largest absolute Gasteiger partial charge is 0.381 e. The standard InChI is InChI=1S/C12H15N3O3/c1-7(2)9-5-10(17-14-9)12-13-11(15-18-12)8-3-4-16-6-8/h5,7-8H,3-4,6H2,1-2H3/t8-/m0/s1. The molecular formula is C12H15N3O3. The minimum absolute atomic E-state index is 0.231. The molecule has 1 saturated heterocycles. The molecular weight excluding hydrogens is 234 g/mol. The Labute approximate surface area is 104 Å². The molecule has 6 nitrogen and oxygen atoms in total. The second kappa shape index (κ2) is 4.53. The Morgan fingerprint density at radius 2 is 2.17 bits per heavy atom. The van der Waals surface area contributed by atoms with Crippen molar-refractivity contribution < 1.29 is 13.8 Å². The molecule has 2 aromatic heterocycles. The van der Waals surface area contributed by atoms with Crippen LogP contribution in [0.25, 0.3) is 11.7 Å². The van der Waals surface area contributed by atoms with E-state index in [9.17, 15) is 0 Å². The second-order valence-corrected chi connectivity index (χ2v) is 4.79. The van der Waals surface area contributed by atoms with Crippen LogP contribution in [0, 0.1) is 0 Å². The molecule has 18 heavy (non-hydrogen) atoms. The summed E-state index contributed by atoms with van der Waals surface area (Å²) >= 11 is 0. The fourth-order valence-electron chi connectivity index (χ4n) is 1.90. The molecule has 3 heterocycles. The van der Waals surface area contributed by atoms with Gasteiger partial charge in [-0.15, -0.1) is 0 Å². The Morgan fingerprint density at radius 1 is 1.28 bits per heavy atom. The third-order valence-electron chi connectivity index (χ3n) is 3.07. The summed E-state index contributed by atoms with van der Waals surface area (Å²) in [7, 11) is 0. The summed E-state index contributed by atoms with van der Waals surface area (Å²) in [5, 5.41) is 7.95. The van der Waals surface area contributed by atoms with Gasteiger partial charge in [-0.05, 0) is 12.3 Å². The Morgan fingerprint density at radius 3 is 2.83 bits per heavy atom. The third-order valence-corrected chi connectivity index (χ3v) is 3.07. The number of hydrogen-bond acceptors (Lipinski definition) is 6. The van der Waals surface area contributed by atoms with E-state index in [0.717, 1.165) is 18.7 Å². The molecule has 1 fully saturated rings. The zero-order valence-electron chi connectivity index (χ0n) is 10.4. The first kappa shape index (κ1) is 11.4. The van der Waals surface area contributed by atoms with Crippen LogP contribution in [0.15, 0.2) is 15.1 Å². The van der Waals surface area contributed by atoms with Gasteiger partial charge < -0.3 is 13.8 Å². The molecule has 1 aliphatic heterocycles. The molecule has 0 N–H and O–H groups in total. The molecule has 1 aliphatic rings.